The van der Waals surface area contributed by atoms with Gasteiger partial charge >= 0.3 is 0 Å². The molecule has 1 amide bonds. The van der Waals surface area contributed by atoms with E-state index in [-0.39, 0.29) is 17.2 Å². The van der Waals surface area contributed by atoms with Crippen LogP contribution in [-0.4, -0.2) is 17.6 Å². The number of benzene rings is 2. The Kier molecular flexibility index (Phi) is 4.61. The number of nitrogen functional groups attached to an aromatic ring is 1. The van der Waals surface area contributed by atoms with Crippen LogP contribution in [0.15, 0.2) is 48.5 Å². The van der Waals surface area contributed by atoms with Crippen LogP contribution in [0, 0.1) is 0 Å². The van der Waals surface area contributed by atoms with Gasteiger partial charge in [-0.05, 0) is 17.7 Å². The molecule has 4 nitrogen and oxygen atoms in total. The average molecular weight is 291 g/mol. The zero-order chi connectivity index (χ0) is 14.5. The number of nitrogens with one attached hydrogen (secondary N) is 1. The Bertz CT molecular complexity index is 582. The number of aliphatic hydroxyl groups excluding tert-OH is 1. The molecule has 0 aliphatic heterocycles. The minimum Gasteiger partial charge on any atom is -0.398 e. The predicted octanol–water partition coefficient (Wildman–Crippen LogP) is 2.39. The van der Waals surface area contributed by atoms with Crippen molar-refractivity contribution < 1.29 is 9.90 Å². The number of halogens is 1. The molecule has 5 heteroatoms. The van der Waals surface area contributed by atoms with E-state index in [9.17, 15) is 9.90 Å². The summed E-state index contributed by atoms with van der Waals surface area (Å²) in [6.07, 6.45) is 0. The van der Waals surface area contributed by atoms with Crippen molar-refractivity contribution in [2.45, 2.75) is 6.04 Å². The molecule has 0 heterocycles. The number of anilines is 1. The fourth-order valence-corrected chi connectivity index (χ4v) is 2.20. The third-order valence-electron chi connectivity index (χ3n) is 2.96. The van der Waals surface area contributed by atoms with Crippen LogP contribution < -0.4 is 11.1 Å². The van der Waals surface area contributed by atoms with Crippen molar-refractivity contribution >= 4 is 23.2 Å². The first-order valence-corrected chi connectivity index (χ1v) is 6.52. The summed E-state index contributed by atoms with van der Waals surface area (Å²) >= 11 is 5.99. The average Bonchev–Trinajstić information content (AvgIpc) is 2.45. The standard InChI is InChI=1S/C15H15ClN2O2/c16-11-7-4-8-12(17)14(11)15(20)18-13(9-19)10-5-2-1-3-6-10/h1-8,13,19H,9,17H2,(H,18,20). The molecule has 0 aliphatic carbocycles. The second-order valence-electron chi connectivity index (χ2n) is 4.32. The number of hydrogen-bond acceptors (Lipinski definition) is 3. The van der Waals surface area contributed by atoms with Crippen LogP contribution in [0.5, 0.6) is 0 Å². The van der Waals surface area contributed by atoms with Crippen LogP contribution in [-0.2, 0) is 0 Å². The SMILES string of the molecule is Nc1cccc(Cl)c1C(=O)NC(CO)c1ccccc1. The first-order valence-electron chi connectivity index (χ1n) is 6.14. The molecule has 2 aromatic rings. The molecule has 0 saturated heterocycles. The second kappa shape index (κ2) is 6.41. The molecular formula is C15H15ClN2O2. The van der Waals surface area contributed by atoms with E-state index in [0.717, 1.165) is 5.56 Å². The van der Waals surface area contributed by atoms with E-state index in [1.165, 1.54) is 0 Å². The Labute approximate surface area is 122 Å². The number of hydrogen-bond donors (Lipinski definition) is 3. The Morgan fingerprint density at radius 1 is 1.20 bits per heavy atom. The summed E-state index contributed by atoms with van der Waals surface area (Å²) in [5.74, 6) is -0.406. The highest BCUT2D eigenvalue weighted by Gasteiger charge is 2.18. The molecule has 2 aromatic carbocycles. The van der Waals surface area contributed by atoms with Crippen molar-refractivity contribution in [2.75, 3.05) is 12.3 Å². The lowest BCUT2D eigenvalue weighted by molar-refractivity contribution is 0.0917. The molecule has 0 radical (unpaired) electrons. The van der Waals surface area contributed by atoms with Crippen LogP contribution in [0.1, 0.15) is 22.0 Å². The lowest BCUT2D eigenvalue weighted by atomic mass is 10.1. The number of nitrogens with two attached hydrogens (primary N) is 1. The molecule has 1 unspecified atom stereocenters. The van der Waals surface area contributed by atoms with E-state index >= 15 is 0 Å². The summed E-state index contributed by atoms with van der Waals surface area (Å²) in [5, 5.41) is 12.4. The molecule has 104 valence electrons. The third-order valence-corrected chi connectivity index (χ3v) is 3.28. The predicted molar refractivity (Wildman–Crippen MR) is 79.6 cm³/mol. The Morgan fingerprint density at radius 3 is 2.50 bits per heavy atom. The number of aliphatic hydroxyl groups is 1. The van der Waals surface area contributed by atoms with Gasteiger partial charge in [0.05, 0.1) is 23.2 Å². The molecule has 2 rings (SSSR count). The highest BCUT2D eigenvalue weighted by atomic mass is 35.5. The van der Waals surface area contributed by atoms with Crippen LogP contribution in [0.3, 0.4) is 0 Å². The first-order chi connectivity index (χ1) is 9.63. The molecule has 20 heavy (non-hydrogen) atoms. The number of carbonyl (C=O) groups is 1. The quantitative estimate of drug-likeness (QED) is 0.757. The van der Waals surface area contributed by atoms with Gasteiger partial charge in [-0.3, -0.25) is 4.79 Å². The van der Waals surface area contributed by atoms with Gasteiger partial charge in [0.15, 0.2) is 0 Å². The molecule has 0 spiro atoms. The molecule has 1 atom stereocenters. The molecule has 0 saturated carbocycles. The van der Waals surface area contributed by atoms with Crippen LogP contribution >= 0.6 is 11.6 Å². The minimum absolute atomic E-state index is 0.208. The van der Waals surface area contributed by atoms with Crippen molar-refractivity contribution in [1.29, 1.82) is 0 Å². The molecule has 0 fully saturated rings. The third kappa shape index (κ3) is 3.10. The lowest BCUT2D eigenvalue weighted by Gasteiger charge is -2.17. The van der Waals surface area contributed by atoms with Gasteiger partial charge in [0.1, 0.15) is 0 Å². The summed E-state index contributed by atoms with van der Waals surface area (Å²) in [5.41, 5.74) is 7.12. The van der Waals surface area contributed by atoms with Gasteiger partial charge in [0, 0.05) is 5.69 Å². The van der Waals surface area contributed by atoms with E-state index in [1.807, 2.05) is 30.3 Å². The summed E-state index contributed by atoms with van der Waals surface area (Å²) in [6.45, 7) is -0.208. The van der Waals surface area contributed by atoms with E-state index < -0.39 is 11.9 Å². The summed E-state index contributed by atoms with van der Waals surface area (Å²) < 4.78 is 0. The first kappa shape index (κ1) is 14.4. The monoisotopic (exact) mass is 290 g/mol. The van der Waals surface area contributed by atoms with Crippen LogP contribution in [0.2, 0.25) is 5.02 Å². The summed E-state index contributed by atoms with van der Waals surface area (Å²) in [7, 11) is 0. The van der Waals surface area contributed by atoms with E-state index in [4.69, 9.17) is 17.3 Å². The fourth-order valence-electron chi connectivity index (χ4n) is 1.93. The molecular weight excluding hydrogens is 276 g/mol. The van der Waals surface area contributed by atoms with Crippen molar-refractivity contribution in [2.24, 2.45) is 0 Å². The van der Waals surface area contributed by atoms with Gasteiger partial charge in [0.2, 0.25) is 0 Å². The molecule has 0 bridgehead atoms. The Hall–Kier alpha value is -2.04. The van der Waals surface area contributed by atoms with Gasteiger partial charge in [0.25, 0.3) is 5.91 Å². The van der Waals surface area contributed by atoms with Crippen molar-refractivity contribution in [1.82, 2.24) is 5.32 Å². The van der Waals surface area contributed by atoms with E-state index in [0.29, 0.717) is 5.69 Å². The topological polar surface area (TPSA) is 75.4 Å². The summed E-state index contributed by atoms with van der Waals surface area (Å²) in [6, 6.07) is 13.6. The van der Waals surface area contributed by atoms with Gasteiger partial charge < -0.3 is 16.2 Å². The van der Waals surface area contributed by atoms with Gasteiger partial charge in [-0.2, -0.15) is 0 Å². The van der Waals surface area contributed by atoms with E-state index in [1.54, 1.807) is 18.2 Å². The largest absolute Gasteiger partial charge is 0.398 e. The minimum atomic E-state index is -0.501. The van der Waals surface area contributed by atoms with Gasteiger partial charge in [-0.1, -0.05) is 48.0 Å². The lowest BCUT2D eigenvalue weighted by Crippen LogP contribution is -2.31. The smallest absolute Gasteiger partial charge is 0.255 e. The highest BCUT2D eigenvalue weighted by molar-refractivity contribution is 6.34. The normalized spacial score (nSPS) is 11.9. The maximum absolute atomic E-state index is 12.2. The zero-order valence-electron chi connectivity index (χ0n) is 10.7. The van der Waals surface area contributed by atoms with Crippen molar-refractivity contribution in [3.8, 4) is 0 Å². The fraction of sp³-hybridized carbons (Fsp3) is 0.133. The Morgan fingerprint density at radius 2 is 1.90 bits per heavy atom. The molecule has 0 aliphatic rings. The molecule has 0 aromatic heterocycles. The maximum Gasteiger partial charge on any atom is 0.255 e. The number of amides is 1. The summed E-state index contributed by atoms with van der Waals surface area (Å²) in [4.78, 5) is 12.2. The van der Waals surface area contributed by atoms with Crippen LogP contribution in [0.4, 0.5) is 5.69 Å². The van der Waals surface area contributed by atoms with Crippen LogP contribution in [0.25, 0.3) is 0 Å². The van der Waals surface area contributed by atoms with Crippen molar-refractivity contribution in [3.05, 3.63) is 64.7 Å². The highest BCUT2D eigenvalue weighted by Crippen LogP contribution is 2.23. The zero-order valence-corrected chi connectivity index (χ0v) is 11.5. The van der Waals surface area contributed by atoms with Gasteiger partial charge in [-0.15, -0.1) is 0 Å². The van der Waals surface area contributed by atoms with Crippen molar-refractivity contribution in [3.63, 3.8) is 0 Å². The maximum atomic E-state index is 12.2. The number of rotatable bonds is 4. The Balaban J connectivity index is 2.22. The van der Waals surface area contributed by atoms with Gasteiger partial charge in [-0.25, -0.2) is 0 Å². The second-order valence-corrected chi connectivity index (χ2v) is 4.73. The number of carbonyl (C=O) groups excluding carboxylic acids is 1. The van der Waals surface area contributed by atoms with E-state index in [2.05, 4.69) is 5.32 Å². The molecule has 4 N–H and O–H groups in total.